The fraction of sp³-hybridized carbons (Fsp3) is 0.450. The molecule has 1 aliphatic rings. The van der Waals surface area contributed by atoms with E-state index < -0.39 is 5.97 Å². The van der Waals surface area contributed by atoms with Crippen LogP contribution in [0.15, 0.2) is 27.4 Å². The van der Waals surface area contributed by atoms with E-state index in [2.05, 4.69) is 5.32 Å². The van der Waals surface area contributed by atoms with Gasteiger partial charge in [0.15, 0.2) is 13.2 Å². The molecular weight excluding hydrogens is 350 g/mol. The lowest BCUT2D eigenvalue weighted by Gasteiger charge is -2.12. The number of hydrogen-bond acceptors (Lipinski definition) is 6. The number of carbonyl (C=O) groups excluding carboxylic acids is 2. The molecule has 0 bridgehead atoms. The zero-order chi connectivity index (χ0) is 19.4. The zero-order valence-electron chi connectivity index (χ0n) is 15.5. The van der Waals surface area contributed by atoms with Gasteiger partial charge < -0.3 is 19.2 Å². The van der Waals surface area contributed by atoms with E-state index in [0.29, 0.717) is 11.3 Å². The summed E-state index contributed by atoms with van der Waals surface area (Å²) in [7, 11) is 0. The summed E-state index contributed by atoms with van der Waals surface area (Å²) in [4.78, 5) is 35.4. The molecule has 0 spiro atoms. The van der Waals surface area contributed by atoms with Gasteiger partial charge in [-0.2, -0.15) is 0 Å². The molecule has 0 saturated heterocycles. The smallest absolute Gasteiger partial charge is 0.344 e. The van der Waals surface area contributed by atoms with Crippen LogP contribution in [0.2, 0.25) is 0 Å². The zero-order valence-corrected chi connectivity index (χ0v) is 15.5. The second-order valence-electron chi connectivity index (χ2n) is 6.68. The number of carbonyl (C=O) groups is 2. The average molecular weight is 373 g/mol. The minimum Gasteiger partial charge on any atom is -0.482 e. The van der Waals surface area contributed by atoms with Gasteiger partial charge in [-0.25, -0.2) is 9.59 Å². The normalized spacial score (nSPS) is 13.9. The number of esters is 1. The van der Waals surface area contributed by atoms with Crippen molar-refractivity contribution in [2.45, 2.75) is 45.6 Å². The van der Waals surface area contributed by atoms with E-state index in [1.165, 1.54) is 0 Å². The van der Waals surface area contributed by atoms with Crippen LogP contribution in [0.25, 0.3) is 11.0 Å². The number of rotatable bonds is 7. The van der Waals surface area contributed by atoms with Crippen molar-refractivity contribution in [2.24, 2.45) is 0 Å². The summed E-state index contributed by atoms with van der Waals surface area (Å²) < 4.78 is 15.7. The first-order valence-corrected chi connectivity index (χ1v) is 9.14. The van der Waals surface area contributed by atoms with Crippen LogP contribution in [0.3, 0.4) is 0 Å². The molecule has 1 atom stereocenters. The highest BCUT2D eigenvalue weighted by atomic mass is 16.6. The first kappa shape index (κ1) is 18.9. The van der Waals surface area contributed by atoms with Crippen LogP contribution in [-0.4, -0.2) is 31.1 Å². The Labute approximate surface area is 156 Å². The number of aryl methyl sites for hydroxylation is 1. The molecule has 7 heteroatoms. The third kappa shape index (κ3) is 4.48. The molecule has 2 aromatic rings. The van der Waals surface area contributed by atoms with Crippen LogP contribution < -0.4 is 15.7 Å². The van der Waals surface area contributed by atoms with Crippen LogP contribution in [0.4, 0.5) is 0 Å². The maximum atomic E-state index is 12.0. The van der Waals surface area contributed by atoms with Gasteiger partial charge in [0.25, 0.3) is 5.91 Å². The minimum absolute atomic E-state index is 0.0288. The third-order valence-corrected chi connectivity index (χ3v) is 4.69. The van der Waals surface area contributed by atoms with Crippen molar-refractivity contribution in [2.75, 3.05) is 13.2 Å². The molecule has 27 heavy (non-hydrogen) atoms. The van der Waals surface area contributed by atoms with Crippen LogP contribution in [0, 0.1) is 0 Å². The predicted octanol–water partition coefficient (Wildman–Crippen LogP) is 2.12. The van der Waals surface area contributed by atoms with Gasteiger partial charge >= 0.3 is 11.6 Å². The SMILES string of the molecule is CC[C@H](C)NC(=O)COC(=O)COc1ccc2c3c(c(=O)oc2c1)CCC3. The van der Waals surface area contributed by atoms with E-state index in [9.17, 15) is 14.4 Å². The summed E-state index contributed by atoms with van der Waals surface area (Å²) in [5, 5.41) is 3.61. The number of benzene rings is 1. The molecule has 1 heterocycles. The second-order valence-corrected chi connectivity index (χ2v) is 6.68. The fourth-order valence-corrected chi connectivity index (χ4v) is 3.10. The van der Waals surface area contributed by atoms with Gasteiger partial charge in [0.05, 0.1) is 0 Å². The van der Waals surface area contributed by atoms with Gasteiger partial charge in [-0.3, -0.25) is 4.79 Å². The fourth-order valence-electron chi connectivity index (χ4n) is 3.10. The molecule has 1 aromatic heterocycles. The van der Waals surface area contributed by atoms with Gasteiger partial charge in [0, 0.05) is 23.1 Å². The molecule has 0 fully saturated rings. The molecule has 7 nitrogen and oxygen atoms in total. The van der Waals surface area contributed by atoms with Crippen molar-refractivity contribution < 1.29 is 23.5 Å². The predicted molar refractivity (Wildman–Crippen MR) is 98.9 cm³/mol. The quantitative estimate of drug-likeness (QED) is 0.590. The summed E-state index contributed by atoms with van der Waals surface area (Å²) in [6, 6.07) is 5.19. The van der Waals surface area contributed by atoms with Crippen LogP contribution in [-0.2, 0) is 27.2 Å². The molecule has 1 aromatic carbocycles. The van der Waals surface area contributed by atoms with Gasteiger partial charge in [-0.05, 0) is 50.3 Å². The number of nitrogens with one attached hydrogen (secondary N) is 1. The molecule has 1 aliphatic carbocycles. The summed E-state index contributed by atoms with van der Waals surface area (Å²) in [6.07, 6.45) is 3.36. The number of ether oxygens (including phenoxy) is 2. The molecule has 0 aliphatic heterocycles. The van der Waals surface area contributed by atoms with E-state index >= 15 is 0 Å². The lowest BCUT2D eigenvalue weighted by Crippen LogP contribution is -2.35. The maximum absolute atomic E-state index is 12.0. The Bertz CT molecular complexity index is 917. The van der Waals surface area contributed by atoms with Crippen molar-refractivity contribution in [3.63, 3.8) is 0 Å². The van der Waals surface area contributed by atoms with E-state index in [-0.39, 0.29) is 30.8 Å². The second kappa shape index (κ2) is 8.24. The maximum Gasteiger partial charge on any atom is 0.344 e. The Morgan fingerprint density at radius 1 is 1.22 bits per heavy atom. The van der Waals surface area contributed by atoms with Crippen LogP contribution in [0.1, 0.15) is 37.8 Å². The van der Waals surface area contributed by atoms with E-state index in [1.807, 2.05) is 19.9 Å². The van der Waals surface area contributed by atoms with E-state index in [4.69, 9.17) is 13.9 Å². The van der Waals surface area contributed by atoms with Gasteiger partial charge in [0.2, 0.25) is 0 Å². The summed E-state index contributed by atoms with van der Waals surface area (Å²) in [5.41, 5.74) is 1.94. The highest BCUT2D eigenvalue weighted by molar-refractivity contribution is 5.83. The third-order valence-electron chi connectivity index (χ3n) is 4.69. The number of fused-ring (bicyclic) bond motifs is 3. The van der Waals surface area contributed by atoms with Crippen LogP contribution in [0.5, 0.6) is 5.75 Å². The molecule has 3 rings (SSSR count). The first-order chi connectivity index (χ1) is 13.0. The van der Waals surface area contributed by atoms with E-state index in [0.717, 1.165) is 42.2 Å². The first-order valence-electron chi connectivity index (χ1n) is 9.14. The van der Waals surface area contributed by atoms with Crippen LogP contribution >= 0.6 is 0 Å². The lowest BCUT2D eigenvalue weighted by molar-refractivity contribution is -0.150. The Balaban J connectivity index is 1.57. The Morgan fingerprint density at radius 3 is 2.78 bits per heavy atom. The monoisotopic (exact) mass is 373 g/mol. The Kier molecular flexibility index (Phi) is 5.78. The largest absolute Gasteiger partial charge is 0.482 e. The highest BCUT2D eigenvalue weighted by Crippen LogP contribution is 2.29. The standard InChI is InChI=1S/C20H23NO6/c1-3-12(2)21-18(22)10-26-19(23)11-25-13-7-8-15-14-5-4-6-16(14)20(24)27-17(15)9-13/h7-9,12H,3-6,10-11H2,1-2H3,(H,21,22)/t12-/m0/s1. The van der Waals surface area contributed by atoms with Crippen molar-refractivity contribution in [3.8, 4) is 5.75 Å². The average Bonchev–Trinajstić information content (AvgIpc) is 3.15. The topological polar surface area (TPSA) is 94.8 Å². The molecule has 1 N–H and O–H groups in total. The molecule has 1 amide bonds. The van der Waals surface area contributed by atoms with Gasteiger partial charge in [-0.15, -0.1) is 0 Å². The Morgan fingerprint density at radius 2 is 2.00 bits per heavy atom. The van der Waals surface area contributed by atoms with Crippen molar-refractivity contribution in [3.05, 3.63) is 39.7 Å². The lowest BCUT2D eigenvalue weighted by atomic mass is 10.1. The molecule has 0 radical (unpaired) electrons. The summed E-state index contributed by atoms with van der Waals surface area (Å²) in [6.45, 7) is 3.14. The minimum atomic E-state index is -0.648. The number of hydrogen-bond donors (Lipinski definition) is 1. The van der Waals surface area contributed by atoms with Crippen molar-refractivity contribution >= 4 is 22.8 Å². The molecular formula is C20H23NO6. The number of amides is 1. The molecule has 144 valence electrons. The molecule has 0 unspecified atom stereocenters. The summed E-state index contributed by atoms with van der Waals surface area (Å²) in [5.74, 6) is -0.603. The summed E-state index contributed by atoms with van der Waals surface area (Å²) >= 11 is 0. The van der Waals surface area contributed by atoms with Gasteiger partial charge in [-0.1, -0.05) is 6.92 Å². The van der Waals surface area contributed by atoms with Gasteiger partial charge in [0.1, 0.15) is 11.3 Å². The molecule has 0 saturated carbocycles. The van der Waals surface area contributed by atoms with Crippen molar-refractivity contribution in [1.82, 2.24) is 5.32 Å². The highest BCUT2D eigenvalue weighted by Gasteiger charge is 2.19. The van der Waals surface area contributed by atoms with E-state index in [1.54, 1.807) is 12.1 Å². The van der Waals surface area contributed by atoms with Crippen molar-refractivity contribution in [1.29, 1.82) is 0 Å². The Hall–Kier alpha value is -2.83.